The lowest BCUT2D eigenvalue weighted by Crippen LogP contribution is -2.44. The quantitative estimate of drug-likeness (QED) is 0.715. The summed E-state index contributed by atoms with van der Waals surface area (Å²) < 4.78 is 22.5. The fraction of sp³-hybridized carbons (Fsp3) is 1.00. The summed E-state index contributed by atoms with van der Waals surface area (Å²) in [5.41, 5.74) is 0. The lowest BCUT2D eigenvalue weighted by atomic mass is 9.90. The molecule has 2 aliphatic rings. The van der Waals surface area contributed by atoms with Gasteiger partial charge in [0.25, 0.3) is 0 Å². The van der Waals surface area contributed by atoms with E-state index in [1.54, 1.807) is 0 Å². The molecule has 0 atom stereocenters. The monoisotopic (exact) mass is 273 g/mol. The standard InChI is InChI=1S/C14H27NO4/c1-3-16-13(17-4-2)11-15-12-5-7-14(8-6-12)18-9-10-19-14/h12-13,15H,3-11H2,1-2H3. The highest BCUT2D eigenvalue weighted by Crippen LogP contribution is 2.35. The van der Waals surface area contributed by atoms with Gasteiger partial charge in [-0.05, 0) is 26.7 Å². The Labute approximate surface area is 115 Å². The van der Waals surface area contributed by atoms with Crippen molar-refractivity contribution in [1.29, 1.82) is 0 Å². The topological polar surface area (TPSA) is 49.0 Å². The van der Waals surface area contributed by atoms with Crippen LogP contribution in [0.5, 0.6) is 0 Å². The van der Waals surface area contributed by atoms with Crippen LogP contribution in [0.4, 0.5) is 0 Å². The number of ether oxygens (including phenoxy) is 4. The second kappa shape index (κ2) is 7.55. The van der Waals surface area contributed by atoms with Crippen LogP contribution in [0.25, 0.3) is 0 Å². The van der Waals surface area contributed by atoms with Gasteiger partial charge in [-0.2, -0.15) is 0 Å². The molecule has 1 N–H and O–H groups in total. The number of nitrogens with one attached hydrogen (secondary N) is 1. The average Bonchev–Trinajstić information content (AvgIpc) is 2.87. The minimum atomic E-state index is -0.266. The van der Waals surface area contributed by atoms with Crippen LogP contribution in [0.3, 0.4) is 0 Å². The third-order valence-electron chi connectivity index (χ3n) is 3.84. The van der Waals surface area contributed by atoms with Gasteiger partial charge in [-0.3, -0.25) is 0 Å². The predicted molar refractivity (Wildman–Crippen MR) is 71.9 cm³/mol. The van der Waals surface area contributed by atoms with Crippen LogP contribution in [0.2, 0.25) is 0 Å². The van der Waals surface area contributed by atoms with Crippen molar-refractivity contribution in [3.63, 3.8) is 0 Å². The molecule has 0 aromatic carbocycles. The molecule has 112 valence electrons. The average molecular weight is 273 g/mol. The van der Waals surface area contributed by atoms with Crippen molar-refractivity contribution in [2.75, 3.05) is 33.0 Å². The molecule has 1 aliphatic heterocycles. The Hall–Kier alpha value is -0.200. The van der Waals surface area contributed by atoms with Crippen molar-refractivity contribution in [3.05, 3.63) is 0 Å². The van der Waals surface area contributed by atoms with Crippen LogP contribution in [-0.4, -0.2) is 51.1 Å². The van der Waals surface area contributed by atoms with E-state index in [9.17, 15) is 0 Å². The van der Waals surface area contributed by atoms with Crippen molar-refractivity contribution in [3.8, 4) is 0 Å². The maximum atomic E-state index is 5.73. The van der Waals surface area contributed by atoms with E-state index in [0.29, 0.717) is 19.3 Å². The molecule has 1 heterocycles. The van der Waals surface area contributed by atoms with Crippen molar-refractivity contribution in [2.45, 2.75) is 57.6 Å². The van der Waals surface area contributed by atoms with E-state index in [2.05, 4.69) is 5.32 Å². The highest BCUT2D eigenvalue weighted by atomic mass is 16.7. The molecule has 2 rings (SSSR count). The van der Waals surface area contributed by atoms with Crippen molar-refractivity contribution < 1.29 is 18.9 Å². The molecule has 0 aromatic rings. The van der Waals surface area contributed by atoms with Crippen molar-refractivity contribution in [1.82, 2.24) is 5.32 Å². The first-order valence-corrected chi connectivity index (χ1v) is 7.52. The van der Waals surface area contributed by atoms with Crippen LogP contribution in [0.15, 0.2) is 0 Å². The maximum absolute atomic E-state index is 5.73. The summed E-state index contributed by atoms with van der Waals surface area (Å²) in [7, 11) is 0. The predicted octanol–water partition coefficient (Wildman–Crippen LogP) is 1.66. The van der Waals surface area contributed by atoms with E-state index in [4.69, 9.17) is 18.9 Å². The summed E-state index contributed by atoms with van der Waals surface area (Å²) in [6.45, 7) is 7.59. The molecule has 0 radical (unpaired) electrons. The van der Waals surface area contributed by atoms with Crippen molar-refractivity contribution >= 4 is 0 Å². The van der Waals surface area contributed by atoms with Crippen LogP contribution in [0, 0.1) is 0 Å². The SMILES string of the molecule is CCOC(CNC1CCC2(CC1)OCCO2)OCC. The van der Waals surface area contributed by atoms with E-state index in [1.807, 2.05) is 13.8 Å². The molecule has 1 spiro atoms. The van der Waals surface area contributed by atoms with E-state index < -0.39 is 0 Å². The van der Waals surface area contributed by atoms with E-state index >= 15 is 0 Å². The van der Waals surface area contributed by atoms with Gasteiger partial charge in [-0.1, -0.05) is 0 Å². The molecule has 1 saturated carbocycles. The van der Waals surface area contributed by atoms with E-state index in [1.165, 1.54) is 0 Å². The van der Waals surface area contributed by atoms with Crippen LogP contribution in [0.1, 0.15) is 39.5 Å². The smallest absolute Gasteiger partial charge is 0.169 e. The molecule has 19 heavy (non-hydrogen) atoms. The summed E-state index contributed by atoms with van der Waals surface area (Å²) >= 11 is 0. The third-order valence-corrected chi connectivity index (χ3v) is 3.84. The van der Waals surface area contributed by atoms with Gasteiger partial charge < -0.3 is 24.3 Å². The highest BCUT2D eigenvalue weighted by Gasteiger charge is 2.40. The Morgan fingerprint density at radius 3 is 2.21 bits per heavy atom. The van der Waals surface area contributed by atoms with Crippen LogP contribution in [-0.2, 0) is 18.9 Å². The second-order valence-corrected chi connectivity index (χ2v) is 5.13. The Bertz CT molecular complexity index is 240. The zero-order valence-electron chi connectivity index (χ0n) is 12.2. The molecule has 5 nitrogen and oxygen atoms in total. The summed E-state index contributed by atoms with van der Waals surface area (Å²) in [5, 5.41) is 3.54. The summed E-state index contributed by atoms with van der Waals surface area (Å²) in [4.78, 5) is 0. The zero-order valence-corrected chi connectivity index (χ0v) is 12.2. The molecule has 2 fully saturated rings. The number of rotatable bonds is 7. The van der Waals surface area contributed by atoms with E-state index in [-0.39, 0.29) is 12.1 Å². The van der Waals surface area contributed by atoms with Crippen molar-refractivity contribution in [2.24, 2.45) is 0 Å². The van der Waals surface area contributed by atoms with Gasteiger partial charge >= 0.3 is 0 Å². The third kappa shape index (κ3) is 4.39. The lowest BCUT2D eigenvalue weighted by Gasteiger charge is -2.36. The summed E-state index contributed by atoms with van der Waals surface area (Å²) in [6, 6.07) is 0.516. The van der Waals surface area contributed by atoms with Gasteiger partial charge in [-0.25, -0.2) is 0 Å². The molecule has 5 heteroatoms. The summed E-state index contributed by atoms with van der Waals surface area (Å²) in [5.74, 6) is -0.266. The maximum Gasteiger partial charge on any atom is 0.169 e. The lowest BCUT2D eigenvalue weighted by molar-refractivity contribution is -0.180. The zero-order chi connectivity index (χ0) is 13.6. The molecule has 0 amide bonds. The van der Waals surface area contributed by atoms with Gasteiger partial charge in [0.15, 0.2) is 12.1 Å². The Balaban J connectivity index is 1.67. The highest BCUT2D eigenvalue weighted by molar-refractivity contribution is 4.85. The Morgan fingerprint density at radius 2 is 1.68 bits per heavy atom. The van der Waals surface area contributed by atoms with Crippen LogP contribution < -0.4 is 5.32 Å². The summed E-state index contributed by atoms with van der Waals surface area (Å²) in [6.07, 6.45) is 4.01. The Kier molecular flexibility index (Phi) is 6.04. The Morgan fingerprint density at radius 1 is 1.11 bits per heavy atom. The molecular weight excluding hydrogens is 246 g/mol. The fourth-order valence-corrected chi connectivity index (χ4v) is 2.85. The van der Waals surface area contributed by atoms with Gasteiger partial charge in [0.05, 0.1) is 13.2 Å². The molecule has 0 bridgehead atoms. The van der Waals surface area contributed by atoms with Gasteiger partial charge in [0.1, 0.15) is 0 Å². The molecule has 1 aliphatic carbocycles. The van der Waals surface area contributed by atoms with Crippen LogP contribution >= 0.6 is 0 Å². The van der Waals surface area contributed by atoms with Gasteiger partial charge in [-0.15, -0.1) is 0 Å². The molecular formula is C14H27NO4. The normalized spacial score (nSPS) is 23.5. The largest absolute Gasteiger partial charge is 0.352 e. The van der Waals surface area contributed by atoms with E-state index in [0.717, 1.165) is 45.4 Å². The second-order valence-electron chi connectivity index (χ2n) is 5.13. The molecule has 1 saturated heterocycles. The first kappa shape index (κ1) is 15.2. The molecule has 0 unspecified atom stereocenters. The minimum Gasteiger partial charge on any atom is -0.352 e. The number of hydrogen-bond acceptors (Lipinski definition) is 5. The first-order chi connectivity index (χ1) is 9.28. The fourth-order valence-electron chi connectivity index (χ4n) is 2.85. The number of hydrogen-bond donors (Lipinski definition) is 1. The van der Waals surface area contributed by atoms with Gasteiger partial charge in [0.2, 0.25) is 0 Å². The molecule has 0 aromatic heterocycles. The first-order valence-electron chi connectivity index (χ1n) is 7.52. The minimum absolute atomic E-state index is 0.134. The van der Waals surface area contributed by atoms with Gasteiger partial charge in [0, 0.05) is 38.6 Å².